The molecule has 1 aromatic heterocycles. The van der Waals surface area contributed by atoms with Crippen LogP contribution in [0.1, 0.15) is 54.8 Å². The van der Waals surface area contributed by atoms with Gasteiger partial charge in [0.05, 0.1) is 20.1 Å². The highest BCUT2D eigenvalue weighted by Gasteiger charge is 2.23. The highest BCUT2D eigenvalue weighted by molar-refractivity contribution is 8.02. The van der Waals surface area contributed by atoms with Gasteiger partial charge in [-0.1, -0.05) is 32.4 Å². The zero-order chi connectivity index (χ0) is 27.4. The molecule has 1 unspecified atom stereocenters. The topological polar surface area (TPSA) is 125 Å². The van der Waals surface area contributed by atoms with E-state index in [9.17, 15) is 19.2 Å². The Morgan fingerprint density at radius 2 is 1.92 bits per heavy atom. The molecule has 198 valence electrons. The number of carboxylic acid groups (broad SMARTS) is 1. The van der Waals surface area contributed by atoms with E-state index in [0.29, 0.717) is 5.69 Å². The first-order chi connectivity index (χ1) is 17.5. The van der Waals surface area contributed by atoms with Crippen molar-refractivity contribution in [3.05, 3.63) is 51.7 Å². The summed E-state index contributed by atoms with van der Waals surface area (Å²) in [6, 6.07) is 10.4. The van der Waals surface area contributed by atoms with Crippen LogP contribution in [0.4, 0.5) is 5.69 Å². The minimum Gasteiger partial charge on any atom is -0.481 e. The summed E-state index contributed by atoms with van der Waals surface area (Å²) in [6.45, 7) is 5.58. The van der Waals surface area contributed by atoms with E-state index in [1.165, 1.54) is 21.5 Å². The number of thioether (sulfide) groups is 1. The van der Waals surface area contributed by atoms with Gasteiger partial charge in [0, 0.05) is 28.3 Å². The number of hydrogen-bond acceptors (Lipinski definition) is 6. The van der Waals surface area contributed by atoms with Gasteiger partial charge in [0.1, 0.15) is 6.04 Å². The van der Waals surface area contributed by atoms with E-state index >= 15 is 0 Å². The Labute approximate surface area is 227 Å². The Morgan fingerprint density at radius 3 is 2.57 bits per heavy atom. The van der Waals surface area contributed by atoms with Crippen LogP contribution in [0, 0.1) is 6.92 Å². The van der Waals surface area contributed by atoms with Gasteiger partial charge in [0.15, 0.2) is 0 Å². The second-order valence-electron chi connectivity index (χ2n) is 9.06. The third-order valence-corrected chi connectivity index (χ3v) is 7.66. The van der Waals surface area contributed by atoms with Gasteiger partial charge in [-0.25, -0.2) is 0 Å². The molecule has 0 fully saturated rings. The molecule has 0 spiro atoms. The Morgan fingerprint density at radius 1 is 1.16 bits per heavy atom. The molecule has 2 atom stereocenters. The Kier molecular flexibility index (Phi) is 12.2. The molecule has 1 aromatic carbocycles. The lowest BCUT2D eigenvalue weighted by atomic mass is 9.84. The number of carbonyl (C=O) groups excluding carboxylic acids is 3. The maximum atomic E-state index is 12.9. The molecule has 0 aliphatic heterocycles. The highest BCUT2D eigenvalue weighted by atomic mass is 32.2. The van der Waals surface area contributed by atoms with Gasteiger partial charge >= 0.3 is 5.97 Å². The van der Waals surface area contributed by atoms with Crippen LogP contribution in [0.3, 0.4) is 0 Å². The van der Waals surface area contributed by atoms with E-state index in [-0.39, 0.29) is 31.0 Å². The van der Waals surface area contributed by atoms with Crippen molar-refractivity contribution in [2.45, 2.75) is 63.6 Å². The van der Waals surface area contributed by atoms with Gasteiger partial charge in [-0.2, -0.15) is 11.8 Å². The van der Waals surface area contributed by atoms with Crippen LogP contribution >= 0.6 is 23.1 Å². The lowest BCUT2D eigenvalue weighted by Crippen LogP contribution is -2.48. The molecule has 4 N–H and O–H groups in total. The fraction of sp³-hybridized carbons (Fsp3) is 0.462. The van der Waals surface area contributed by atoms with Crippen LogP contribution < -0.4 is 16.0 Å². The average Bonchev–Trinajstić information content (AvgIpc) is 3.23. The van der Waals surface area contributed by atoms with Crippen LogP contribution in [0.25, 0.3) is 0 Å². The van der Waals surface area contributed by atoms with Crippen LogP contribution in [-0.4, -0.2) is 59.6 Å². The molecule has 0 saturated carbocycles. The van der Waals surface area contributed by atoms with Crippen molar-refractivity contribution in [2.75, 3.05) is 17.6 Å². The summed E-state index contributed by atoms with van der Waals surface area (Å²) in [5.74, 6) is -2.45. The largest absolute Gasteiger partial charge is 0.481 e. The molecular formula is C26H34BN3O5S2. The molecule has 2 aromatic rings. The number of thiophene rings is 1. The molecule has 0 bridgehead atoms. The molecular weight excluding hydrogens is 509 g/mol. The molecule has 37 heavy (non-hydrogen) atoms. The van der Waals surface area contributed by atoms with E-state index in [4.69, 9.17) is 13.0 Å². The number of amides is 3. The van der Waals surface area contributed by atoms with Crippen LogP contribution in [0.15, 0.2) is 36.4 Å². The second-order valence-corrected chi connectivity index (χ2v) is 11.9. The zero-order valence-electron chi connectivity index (χ0n) is 21.5. The summed E-state index contributed by atoms with van der Waals surface area (Å²) in [5.41, 5.74) is 1.56. The SMILES string of the molecule is [B]C(C)(CCC)SCC(=O)NCC(=O)N[C@@H](CCC(=O)O)C(=O)Nc1cccc(Cc2ccc(C)s2)c1. The monoisotopic (exact) mass is 543 g/mol. The number of hydrogen-bond donors (Lipinski definition) is 4. The molecule has 0 aliphatic rings. The molecule has 2 radical (unpaired) electrons. The van der Waals surface area contributed by atoms with Gasteiger partial charge in [0.25, 0.3) is 0 Å². The van der Waals surface area contributed by atoms with Gasteiger partial charge < -0.3 is 21.1 Å². The lowest BCUT2D eigenvalue weighted by Gasteiger charge is -2.23. The number of rotatable bonds is 15. The lowest BCUT2D eigenvalue weighted by molar-refractivity contribution is -0.137. The summed E-state index contributed by atoms with van der Waals surface area (Å²) in [4.78, 5) is 51.0. The van der Waals surface area contributed by atoms with Gasteiger partial charge in [-0.3, -0.25) is 19.2 Å². The van der Waals surface area contributed by atoms with Crippen molar-refractivity contribution in [1.29, 1.82) is 0 Å². The Hall–Kier alpha value is -2.79. The summed E-state index contributed by atoms with van der Waals surface area (Å²) < 4.78 is -0.533. The zero-order valence-corrected chi connectivity index (χ0v) is 23.1. The summed E-state index contributed by atoms with van der Waals surface area (Å²) >= 11 is 3.01. The van der Waals surface area contributed by atoms with Crippen molar-refractivity contribution in [3.63, 3.8) is 0 Å². The molecule has 0 aliphatic carbocycles. The Bertz CT molecular complexity index is 1090. The predicted octanol–water partition coefficient (Wildman–Crippen LogP) is 3.47. The molecule has 2 rings (SSSR count). The average molecular weight is 544 g/mol. The van der Waals surface area contributed by atoms with Crippen molar-refractivity contribution in [3.8, 4) is 0 Å². The number of aliphatic carboxylic acids is 1. The van der Waals surface area contributed by atoms with Crippen LogP contribution in [0.2, 0.25) is 0 Å². The van der Waals surface area contributed by atoms with Crippen molar-refractivity contribution in [2.24, 2.45) is 0 Å². The quantitative estimate of drug-likeness (QED) is 0.255. The van der Waals surface area contributed by atoms with E-state index in [1.54, 1.807) is 17.4 Å². The number of anilines is 1. The number of carbonyl (C=O) groups is 4. The van der Waals surface area contributed by atoms with Crippen molar-refractivity contribution >= 4 is 60.3 Å². The number of carboxylic acids is 1. The normalized spacial score (nSPS) is 13.3. The minimum absolute atomic E-state index is 0.0899. The van der Waals surface area contributed by atoms with E-state index in [1.807, 2.05) is 39.0 Å². The van der Waals surface area contributed by atoms with Crippen LogP contribution in [-0.2, 0) is 25.6 Å². The highest BCUT2D eigenvalue weighted by Crippen LogP contribution is 2.26. The standard InChI is InChI=1S/C26H34BN3O5S2/c1-4-12-26(3,27)36-16-23(32)28-15-22(31)30-21(10-11-24(33)34)25(35)29-19-7-5-6-18(13-19)14-20-9-8-17(2)37-20/h5-9,13,21H,4,10-12,14-16H2,1-3H3,(H,28,32)(H,29,35)(H,30,31)(H,33,34)/t21-,26?/m0/s1. The van der Waals surface area contributed by atoms with E-state index < -0.39 is 28.5 Å². The first-order valence-corrected chi connectivity index (χ1v) is 13.9. The van der Waals surface area contributed by atoms with Gasteiger partial charge in [-0.05, 0) is 54.2 Å². The smallest absolute Gasteiger partial charge is 0.303 e. The third kappa shape index (κ3) is 11.9. The fourth-order valence-electron chi connectivity index (χ4n) is 3.58. The summed E-state index contributed by atoms with van der Waals surface area (Å²) in [7, 11) is 6.11. The second kappa shape index (κ2) is 14.8. The van der Waals surface area contributed by atoms with E-state index in [2.05, 4.69) is 28.1 Å². The maximum Gasteiger partial charge on any atom is 0.303 e. The third-order valence-electron chi connectivity index (χ3n) is 5.39. The van der Waals surface area contributed by atoms with E-state index in [0.717, 1.165) is 24.8 Å². The van der Waals surface area contributed by atoms with Crippen molar-refractivity contribution in [1.82, 2.24) is 10.6 Å². The van der Waals surface area contributed by atoms with Crippen molar-refractivity contribution < 1.29 is 24.3 Å². The Balaban J connectivity index is 1.93. The number of aryl methyl sites for hydroxylation is 1. The first kappa shape index (κ1) is 30.4. The van der Waals surface area contributed by atoms with Gasteiger partial charge in [0.2, 0.25) is 17.7 Å². The molecule has 0 saturated heterocycles. The fourth-order valence-corrected chi connectivity index (χ4v) is 5.42. The summed E-state index contributed by atoms with van der Waals surface area (Å²) in [5, 5.41) is 16.9. The minimum atomic E-state index is -1.08. The first-order valence-electron chi connectivity index (χ1n) is 12.1. The molecule has 1 heterocycles. The van der Waals surface area contributed by atoms with Crippen LogP contribution in [0.5, 0.6) is 0 Å². The number of benzene rings is 1. The molecule has 3 amide bonds. The number of nitrogens with one attached hydrogen (secondary N) is 3. The maximum absolute atomic E-state index is 12.9. The van der Waals surface area contributed by atoms with Gasteiger partial charge in [-0.15, -0.1) is 11.3 Å². The molecule has 8 nitrogen and oxygen atoms in total. The molecule has 11 heteroatoms. The predicted molar refractivity (Wildman–Crippen MR) is 150 cm³/mol. The summed E-state index contributed by atoms with van der Waals surface area (Å²) in [6.07, 6.45) is 1.98.